The molecule has 0 N–H and O–H groups in total. The van der Waals surface area contributed by atoms with E-state index in [1.165, 1.54) is 31.2 Å². The van der Waals surface area contributed by atoms with Gasteiger partial charge in [0.1, 0.15) is 0 Å². The van der Waals surface area contributed by atoms with Crippen LogP contribution in [0.25, 0.3) is 0 Å². The Kier molecular flexibility index (Phi) is 3.64. The Bertz CT molecular complexity index is 455. The predicted molar refractivity (Wildman–Crippen MR) is 79.9 cm³/mol. The van der Waals surface area contributed by atoms with E-state index in [9.17, 15) is 0 Å². The van der Waals surface area contributed by atoms with Gasteiger partial charge in [-0.25, -0.2) is 0 Å². The Morgan fingerprint density at radius 1 is 1.00 bits per heavy atom. The summed E-state index contributed by atoms with van der Waals surface area (Å²) in [6.45, 7) is 1.58. The summed E-state index contributed by atoms with van der Waals surface area (Å²) in [6.07, 6.45) is 6.55. The SMILES string of the molecule is c1ccc([C@@H]2CC3(OCCO3)[C@H]3CCCC[C@@H]3[Se]2)cc1. The van der Waals surface area contributed by atoms with Crippen LogP contribution in [0.5, 0.6) is 0 Å². The second-order valence-electron chi connectivity index (χ2n) is 6.18. The van der Waals surface area contributed by atoms with Gasteiger partial charge >= 0.3 is 127 Å². The zero-order valence-corrected chi connectivity index (χ0v) is 13.5. The van der Waals surface area contributed by atoms with Crippen molar-refractivity contribution in [2.24, 2.45) is 5.92 Å². The fourth-order valence-corrected chi connectivity index (χ4v) is 8.09. The van der Waals surface area contributed by atoms with Crippen LogP contribution in [-0.4, -0.2) is 34.0 Å². The third kappa shape index (κ3) is 2.25. The van der Waals surface area contributed by atoms with Crippen LogP contribution in [0.3, 0.4) is 0 Å². The van der Waals surface area contributed by atoms with Crippen molar-refractivity contribution in [1.29, 1.82) is 0 Å². The monoisotopic (exact) mass is 338 g/mol. The van der Waals surface area contributed by atoms with Gasteiger partial charge in [-0.2, -0.15) is 0 Å². The molecule has 1 aromatic rings. The van der Waals surface area contributed by atoms with Crippen LogP contribution in [0.4, 0.5) is 0 Å². The summed E-state index contributed by atoms with van der Waals surface area (Å²) < 4.78 is 12.4. The fraction of sp³-hybridized carbons (Fsp3) is 0.647. The molecule has 0 aromatic heterocycles. The number of rotatable bonds is 1. The van der Waals surface area contributed by atoms with E-state index in [0.29, 0.717) is 25.7 Å². The number of benzene rings is 1. The van der Waals surface area contributed by atoms with E-state index in [-0.39, 0.29) is 5.79 Å². The van der Waals surface area contributed by atoms with Crippen LogP contribution in [0, 0.1) is 5.92 Å². The Labute approximate surface area is 127 Å². The molecule has 1 aliphatic carbocycles. The van der Waals surface area contributed by atoms with Gasteiger partial charge in [0.05, 0.1) is 0 Å². The summed E-state index contributed by atoms with van der Waals surface area (Å²) in [7, 11) is 0. The number of hydrogen-bond acceptors (Lipinski definition) is 2. The zero-order chi connectivity index (χ0) is 13.4. The second kappa shape index (κ2) is 5.46. The molecular weight excluding hydrogens is 315 g/mol. The van der Waals surface area contributed by atoms with E-state index in [0.717, 1.165) is 24.5 Å². The molecule has 3 atom stereocenters. The van der Waals surface area contributed by atoms with Crippen LogP contribution < -0.4 is 0 Å². The maximum absolute atomic E-state index is 6.19. The fourth-order valence-electron chi connectivity index (χ4n) is 4.10. The zero-order valence-electron chi connectivity index (χ0n) is 11.8. The van der Waals surface area contributed by atoms with Crippen LogP contribution in [-0.2, 0) is 9.47 Å². The number of hydrogen-bond donors (Lipinski definition) is 0. The third-order valence-corrected chi connectivity index (χ3v) is 8.55. The quantitative estimate of drug-likeness (QED) is 0.730. The Morgan fingerprint density at radius 3 is 2.55 bits per heavy atom. The van der Waals surface area contributed by atoms with E-state index in [1.807, 2.05) is 0 Å². The number of ether oxygens (including phenoxy) is 2. The van der Waals surface area contributed by atoms with Crippen molar-refractivity contribution < 1.29 is 9.47 Å². The summed E-state index contributed by atoms with van der Waals surface area (Å²) in [5.74, 6) is 0.421. The van der Waals surface area contributed by atoms with Gasteiger partial charge in [0.15, 0.2) is 0 Å². The molecule has 3 heteroatoms. The van der Waals surface area contributed by atoms with E-state index in [4.69, 9.17) is 9.47 Å². The summed E-state index contributed by atoms with van der Waals surface area (Å²) in [4.78, 5) is 1.52. The predicted octanol–water partition coefficient (Wildman–Crippen LogP) is 3.56. The van der Waals surface area contributed by atoms with Crippen molar-refractivity contribution in [2.75, 3.05) is 13.2 Å². The molecular formula is C17H22O2Se. The molecule has 0 amide bonds. The molecule has 108 valence electrons. The van der Waals surface area contributed by atoms with Gasteiger partial charge in [0.2, 0.25) is 0 Å². The molecule has 1 aromatic carbocycles. The molecule has 3 fully saturated rings. The third-order valence-electron chi connectivity index (χ3n) is 5.02. The van der Waals surface area contributed by atoms with Gasteiger partial charge in [-0.3, -0.25) is 0 Å². The molecule has 0 unspecified atom stereocenters. The molecule has 20 heavy (non-hydrogen) atoms. The summed E-state index contributed by atoms with van der Waals surface area (Å²) in [5, 5.41) is 0. The van der Waals surface area contributed by atoms with Gasteiger partial charge in [-0.05, 0) is 0 Å². The van der Waals surface area contributed by atoms with E-state index in [1.54, 1.807) is 0 Å². The molecule has 2 nitrogen and oxygen atoms in total. The van der Waals surface area contributed by atoms with Gasteiger partial charge in [0, 0.05) is 0 Å². The maximum atomic E-state index is 6.19. The van der Waals surface area contributed by atoms with Gasteiger partial charge in [0.25, 0.3) is 0 Å². The topological polar surface area (TPSA) is 18.5 Å². The average molecular weight is 337 g/mol. The van der Waals surface area contributed by atoms with Crippen molar-refractivity contribution in [3.63, 3.8) is 0 Å². The van der Waals surface area contributed by atoms with Crippen LogP contribution in [0.1, 0.15) is 42.5 Å². The molecule has 1 saturated carbocycles. The van der Waals surface area contributed by atoms with E-state index < -0.39 is 0 Å². The first-order chi connectivity index (χ1) is 9.87. The molecule has 2 aliphatic heterocycles. The molecule has 3 aliphatic rings. The summed E-state index contributed by atoms with van der Waals surface area (Å²) >= 11 is 0.688. The minimum atomic E-state index is -0.244. The van der Waals surface area contributed by atoms with Gasteiger partial charge < -0.3 is 0 Å². The second-order valence-corrected chi connectivity index (χ2v) is 9.21. The number of fused-ring (bicyclic) bond motifs is 2. The summed E-state index contributed by atoms with van der Waals surface area (Å²) in [6, 6.07) is 11.0. The first-order valence-electron chi connectivity index (χ1n) is 7.86. The molecule has 0 bridgehead atoms. The van der Waals surface area contributed by atoms with Gasteiger partial charge in [-0.15, -0.1) is 0 Å². The van der Waals surface area contributed by atoms with Crippen LogP contribution >= 0.6 is 0 Å². The Morgan fingerprint density at radius 2 is 1.75 bits per heavy atom. The minimum absolute atomic E-state index is 0.244. The van der Waals surface area contributed by atoms with Crippen molar-refractivity contribution in [1.82, 2.24) is 0 Å². The van der Waals surface area contributed by atoms with E-state index >= 15 is 0 Å². The molecule has 2 heterocycles. The standard InChI is InChI=1S/C17H22O2Se/c1-2-6-13(7-3-1)16-12-17(18-10-11-19-17)14-8-4-5-9-15(14)20-16/h1-3,6-7,14-16H,4-5,8-12H2/t14-,15-,16-/m0/s1. The van der Waals surface area contributed by atoms with Crippen molar-refractivity contribution in [2.45, 2.75) is 47.5 Å². The van der Waals surface area contributed by atoms with Crippen molar-refractivity contribution in [3.05, 3.63) is 35.9 Å². The Hall–Kier alpha value is -0.341. The Balaban J connectivity index is 1.64. The summed E-state index contributed by atoms with van der Waals surface area (Å²) in [5.41, 5.74) is 1.50. The molecule has 0 radical (unpaired) electrons. The molecule has 4 rings (SSSR count). The average Bonchev–Trinajstić information content (AvgIpc) is 2.97. The van der Waals surface area contributed by atoms with Crippen molar-refractivity contribution in [3.8, 4) is 0 Å². The molecule has 2 saturated heterocycles. The first-order valence-corrected chi connectivity index (χ1v) is 9.83. The van der Waals surface area contributed by atoms with Crippen LogP contribution in [0.15, 0.2) is 30.3 Å². The van der Waals surface area contributed by atoms with Crippen LogP contribution in [0.2, 0.25) is 4.82 Å². The molecule has 1 spiro atoms. The van der Waals surface area contributed by atoms with Gasteiger partial charge in [-0.1, -0.05) is 0 Å². The van der Waals surface area contributed by atoms with E-state index in [2.05, 4.69) is 30.3 Å². The normalized spacial score (nSPS) is 35.9. The van der Waals surface area contributed by atoms with Crippen molar-refractivity contribution >= 4 is 15.0 Å². The first kappa shape index (κ1) is 13.3.